The SMILES string of the molecule is O=C(COc1ccc(Cl)cc1Cl)NCc1ccc(C2CC2)nc1. The zero-order valence-corrected chi connectivity index (χ0v) is 13.9. The van der Waals surface area contributed by atoms with Crippen LogP contribution in [0.4, 0.5) is 0 Å². The van der Waals surface area contributed by atoms with E-state index in [1.165, 1.54) is 12.8 Å². The zero-order chi connectivity index (χ0) is 16.2. The minimum absolute atomic E-state index is 0.102. The van der Waals surface area contributed by atoms with Gasteiger partial charge in [0.05, 0.1) is 5.02 Å². The number of rotatable bonds is 6. The van der Waals surface area contributed by atoms with Crippen LogP contribution >= 0.6 is 23.2 Å². The van der Waals surface area contributed by atoms with Gasteiger partial charge in [-0.2, -0.15) is 0 Å². The van der Waals surface area contributed by atoms with E-state index in [2.05, 4.69) is 10.3 Å². The molecule has 1 fully saturated rings. The first-order valence-corrected chi connectivity index (χ1v) is 8.17. The molecule has 1 amide bonds. The van der Waals surface area contributed by atoms with Crippen LogP contribution in [0.1, 0.15) is 30.0 Å². The largest absolute Gasteiger partial charge is 0.482 e. The van der Waals surface area contributed by atoms with E-state index >= 15 is 0 Å². The summed E-state index contributed by atoms with van der Waals surface area (Å²) in [7, 11) is 0. The van der Waals surface area contributed by atoms with Crippen molar-refractivity contribution in [3.63, 3.8) is 0 Å². The van der Waals surface area contributed by atoms with Crippen molar-refractivity contribution in [3.8, 4) is 5.75 Å². The Morgan fingerprint density at radius 1 is 1.26 bits per heavy atom. The quantitative estimate of drug-likeness (QED) is 0.857. The number of pyridine rings is 1. The number of ether oxygens (including phenoxy) is 1. The smallest absolute Gasteiger partial charge is 0.258 e. The van der Waals surface area contributed by atoms with E-state index in [0.717, 1.165) is 11.3 Å². The number of hydrogen-bond acceptors (Lipinski definition) is 3. The molecule has 0 radical (unpaired) electrons. The summed E-state index contributed by atoms with van der Waals surface area (Å²) < 4.78 is 5.38. The molecular formula is C17H16Cl2N2O2. The monoisotopic (exact) mass is 350 g/mol. The minimum Gasteiger partial charge on any atom is -0.482 e. The molecule has 0 saturated heterocycles. The first-order valence-electron chi connectivity index (χ1n) is 7.41. The van der Waals surface area contributed by atoms with Gasteiger partial charge >= 0.3 is 0 Å². The number of benzene rings is 1. The standard InChI is InChI=1S/C17H16Cl2N2O2/c18-13-4-6-16(14(19)7-13)23-10-17(22)21-9-11-1-5-15(20-8-11)12-2-3-12/h1,4-8,12H,2-3,9-10H2,(H,21,22). The average molecular weight is 351 g/mol. The third kappa shape index (κ3) is 4.60. The fraction of sp³-hybridized carbons (Fsp3) is 0.294. The van der Waals surface area contributed by atoms with Gasteiger partial charge in [0.2, 0.25) is 0 Å². The predicted octanol–water partition coefficient (Wildman–Crippen LogP) is 3.96. The summed E-state index contributed by atoms with van der Waals surface area (Å²) in [5.41, 5.74) is 2.10. The van der Waals surface area contributed by atoms with Gasteiger partial charge < -0.3 is 10.1 Å². The van der Waals surface area contributed by atoms with Crippen LogP contribution in [-0.4, -0.2) is 17.5 Å². The predicted molar refractivity (Wildman–Crippen MR) is 90.0 cm³/mol. The Morgan fingerprint density at radius 2 is 2.09 bits per heavy atom. The van der Waals surface area contributed by atoms with Gasteiger partial charge in [0.1, 0.15) is 5.75 Å². The molecule has 0 unspecified atom stereocenters. The summed E-state index contributed by atoms with van der Waals surface area (Å²) in [5, 5.41) is 3.69. The van der Waals surface area contributed by atoms with Crippen molar-refractivity contribution in [2.45, 2.75) is 25.3 Å². The number of carbonyl (C=O) groups excluding carboxylic acids is 1. The second-order valence-corrected chi connectivity index (χ2v) is 6.35. The van der Waals surface area contributed by atoms with E-state index in [-0.39, 0.29) is 12.5 Å². The molecule has 3 rings (SSSR count). The highest BCUT2D eigenvalue weighted by molar-refractivity contribution is 6.35. The van der Waals surface area contributed by atoms with Gasteiger partial charge in [0.15, 0.2) is 6.61 Å². The van der Waals surface area contributed by atoms with Crippen molar-refractivity contribution in [1.29, 1.82) is 0 Å². The summed E-state index contributed by atoms with van der Waals surface area (Å²) >= 11 is 11.8. The Bertz CT molecular complexity index is 700. The Balaban J connectivity index is 1.45. The number of nitrogens with zero attached hydrogens (tertiary/aromatic N) is 1. The highest BCUT2D eigenvalue weighted by Crippen LogP contribution is 2.38. The Morgan fingerprint density at radius 3 is 2.74 bits per heavy atom. The van der Waals surface area contributed by atoms with E-state index in [1.54, 1.807) is 18.2 Å². The molecule has 1 aromatic heterocycles. The molecule has 1 saturated carbocycles. The molecule has 6 heteroatoms. The molecule has 0 atom stereocenters. The molecule has 2 aromatic rings. The van der Waals surface area contributed by atoms with Crippen LogP contribution in [0.5, 0.6) is 5.75 Å². The van der Waals surface area contributed by atoms with E-state index < -0.39 is 0 Å². The van der Waals surface area contributed by atoms with Gasteiger partial charge in [-0.25, -0.2) is 0 Å². The minimum atomic E-state index is -0.220. The van der Waals surface area contributed by atoms with Gasteiger partial charge in [-0.15, -0.1) is 0 Å². The van der Waals surface area contributed by atoms with Crippen LogP contribution in [0.3, 0.4) is 0 Å². The summed E-state index contributed by atoms with van der Waals surface area (Å²) in [6, 6.07) is 8.90. The lowest BCUT2D eigenvalue weighted by atomic mass is 10.2. The lowest BCUT2D eigenvalue weighted by Gasteiger charge is -2.09. The molecular weight excluding hydrogens is 335 g/mol. The number of amides is 1. The summed E-state index contributed by atoms with van der Waals surface area (Å²) in [5.74, 6) is 0.847. The van der Waals surface area contributed by atoms with Crippen LogP contribution in [0.15, 0.2) is 36.5 Å². The highest BCUT2D eigenvalue weighted by atomic mass is 35.5. The molecule has 0 spiro atoms. The van der Waals surface area contributed by atoms with Crippen molar-refractivity contribution < 1.29 is 9.53 Å². The molecule has 4 nitrogen and oxygen atoms in total. The third-order valence-electron chi connectivity index (χ3n) is 3.59. The van der Waals surface area contributed by atoms with E-state index in [9.17, 15) is 4.79 Å². The van der Waals surface area contributed by atoms with Crippen LogP contribution in [0.2, 0.25) is 10.0 Å². The van der Waals surface area contributed by atoms with Gasteiger partial charge in [0, 0.05) is 29.4 Å². The molecule has 1 aliphatic carbocycles. The molecule has 23 heavy (non-hydrogen) atoms. The second kappa shape index (κ2) is 7.20. The summed E-state index contributed by atoms with van der Waals surface area (Å²) in [6.45, 7) is 0.323. The van der Waals surface area contributed by atoms with Gasteiger partial charge in [-0.3, -0.25) is 9.78 Å². The Kier molecular flexibility index (Phi) is 5.03. The normalized spacial score (nSPS) is 13.7. The van der Waals surface area contributed by atoms with Crippen molar-refractivity contribution >= 4 is 29.1 Å². The molecule has 1 N–H and O–H groups in total. The van der Waals surface area contributed by atoms with Gasteiger partial charge in [-0.1, -0.05) is 29.3 Å². The number of nitrogens with one attached hydrogen (secondary N) is 1. The molecule has 120 valence electrons. The first kappa shape index (κ1) is 16.1. The lowest BCUT2D eigenvalue weighted by molar-refractivity contribution is -0.123. The zero-order valence-electron chi connectivity index (χ0n) is 12.4. The number of hydrogen-bond donors (Lipinski definition) is 1. The van der Waals surface area contributed by atoms with Crippen molar-refractivity contribution in [3.05, 3.63) is 57.8 Å². The Hall–Kier alpha value is -1.78. The number of aromatic nitrogens is 1. The van der Waals surface area contributed by atoms with E-state index in [4.69, 9.17) is 27.9 Å². The van der Waals surface area contributed by atoms with Crippen LogP contribution in [-0.2, 0) is 11.3 Å². The average Bonchev–Trinajstić information content (AvgIpc) is 3.37. The fourth-order valence-corrected chi connectivity index (χ4v) is 2.61. The maximum atomic E-state index is 11.8. The fourth-order valence-electron chi connectivity index (χ4n) is 2.15. The maximum absolute atomic E-state index is 11.8. The molecule has 0 aliphatic heterocycles. The summed E-state index contributed by atoms with van der Waals surface area (Å²) in [4.78, 5) is 16.2. The summed E-state index contributed by atoms with van der Waals surface area (Å²) in [6.07, 6.45) is 4.27. The molecule has 1 aromatic carbocycles. The first-order chi connectivity index (χ1) is 11.1. The van der Waals surface area contributed by atoms with E-state index in [1.807, 2.05) is 18.3 Å². The highest BCUT2D eigenvalue weighted by Gasteiger charge is 2.24. The van der Waals surface area contributed by atoms with Crippen molar-refractivity contribution in [2.75, 3.05) is 6.61 Å². The van der Waals surface area contributed by atoms with E-state index in [0.29, 0.717) is 28.3 Å². The number of halogens is 2. The molecule has 1 heterocycles. The van der Waals surface area contributed by atoms with Gasteiger partial charge in [-0.05, 0) is 42.7 Å². The number of carbonyl (C=O) groups is 1. The Labute approximate surface area is 144 Å². The van der Waals surface area contributed by atoms with Crippen LogP contribution < -0.4 is 10.1 Å². The molecule has 0 bridgehead atoms. The van der Waals surface area contributed by atoms with Crippen molar-refractivity contribution in [1.82, 2.24) is 10.3 Å². The topological polar surface area (TPSA) is 51.2 Å². The van der Waals surface area contributed by atoms with Crippen LogP contribution in [0, 0.1) is 0 Å². The third-order valence-corrected chi connectivity index (χ3v) is 4.12. The molecule has 1 aliphatic rings. The van der Waals surface area contributed by atoms with Crippen molar-refractivity contribution in [2.24, 2.45) is 0 Å². The maximum Gasteiger partial charge on any atom is 0.258 e. The lowest BCUT2D eigenvalue weighted by Crippen LogP contribution is -2.28. The van der Waals surface area contributed by atoms with Crippen LogP contribution in [0.25, 0.3) is 0 Å². The van der Waals surface area contributed by atoms with Gasteiger partial charge in [0.25, 0.3) is 5.91 Å². The second-order valence-electron chi connectivity index (χ2n) is 5.51.